The second-order valence-electron chi connectivity index (χ2n) is 7.37. The monoisotopic (exact) mass is 371 g/mol. The molecule has 3 aliphatic heterocycles. The molecule has 3 heterocycles. The van der Waals surface area contributed by atoms with E-state index in [1.165, 1.54) is 16.1 Å². The number of hydrogen-bond donors (Lipinski definition) is 0. The minimum Gasteiger partial charge on any atom is -0.497 e. The minimum absolute atomic E-state index is 0.0493. The van der Waals surface area contributed by atoms with E-state index in [0.717, 1.165) is 25.0 Å². The maximum absolute atomic E-state index is 12.8. The molecule has 1 aromatic carbocycles. The van der Waals surface area contributed by atoms with Crippen molar-refractivity contribution in [3.63, 3.8) is 0 Å². The first-order chi connectivity index (χ1) is 13.0. The lowest BCUT2D eigenvalue weighted by molar-refractivity contribution is -0.135. The number of fused-ring (bicyclic) bond motifs is 2. The predicted octanol–water partition coefficient (Wildman–Crippen LogP) is 1.69. The van der Waals surface area contributed by atoms with Crippen LogP contribution in [0.4, 0.5) is 0 Å². The highest BCUT2D eigenvalue weighted by Crippen LogP contribution is 2.42. The summed E-state index contributed by atoms with van der Waals surface area (Å²) >= 11 is 0. The Kier molecular flexibility index (Phi) is 4.63. The van der Waals surface area contributed by atoms with E-state index in [1.807, 2.05) is 11.0 Å². The number of hydrazone groups is 1. The SMILES string of the molecule is COc1ccc2c(c1)CCOC21CCN(C(=O)C2=NN(C)C(=O)CC2)CC1. The van der Waals surface area contributed by atoms with Crippen molar-refractivity contribution in [1.29, 1.82) is 0 Å². The molecule has 1 aromatic rings. The molecular weight excluding hydrogens is 346 g/mol. The van der Waals surface area contributed by atoms with Crippen molar-refractivity contribution in [2.45, 2.75) is 37.7 Å². The second kappa shape index (κ2) is 6.96. The Morgan fingerprint density at radius 1 is 1.22 bits per heavy atom. The van der Waals surface area contributed by atoms with Crippen molar-refractivity contribution in [2.75, 3.05) is 33.9 Å². The molecule has 0 unspecified atom stereocenters. The number of nitrogens with zero attached hydrogens (tertiary/aromatic N) is 3. The average molecular weight is 371 g/mol. The lowest BCUT2D eigenvalue weighted by Crippen LogP contribution is -2.50. The molecule has 7 nitrogen and oxygen atoms in total. The predicted molar refractivity (Wildman–Crippen MR) is 99.6 cm³/mol. The van der Waals surface area contributed by atoms with Gasteiger partial charge in [-0.3, -0.25) is 9.59 Å². The van der Waals surface area contributed by atoms with Crippen molar-refractivity contribution in [1.82, 2.24) is 9.91 Å². The highest BCUT2D eigenvalue weighted by molar-refractivity contribution is 6.39. The van der Waals surface area contributed by atoms with Gasteiger partial charge in [-0.1, -0.05) is 6.07 Å². The summed E-state index contributed by atoms with van der Waals surface area (Å²) in [5.74, 6) is 0.758. The van der Waals surface area contributed by atoms with Crippen LogP contribution in [0.2, 0.25) is 0 Å². The lowest BCUT2D eigenvalue weighted by Gasteiger charge is -2.45. The summed E-state index contributed by atoms with van der Waals surface area (Å²) in [6.07, 6.45) is 3.17. The fourth-order valence-corrected chi connectivity index (χ4v) is 4.27. The van der Waals surface area contributed by atoms with Crippen molar-refractivity contribution in [3.8, 4) is 5.75 Å². The summed E-state index contributed by atoms with van der Waals surface area (Å²) < 4.78 is 11.6. The van der Waals surface area contributed by atoms with Crippen molar-refractivity contribution in [2.24, 2.45) is 5.10 Å². The van der Waals surface area contributed by atoms with Gasteiger partial charge in [-0.15, -0.1) is 0 Å². The fourth-order valence-electron chi connectivity index (χ4n) is 4.27. The number of ether oxygens (including phenoxy) is 2. The molecule has 0 N–H and O–H groups in total. The molecule has 144 valence electrons. The molecule has 0 radical (unpaired) electrons. The second-order valence-corrected chi connectivity index (χ2v) is 7.37. The third-order valence-electron chi connectivity index (χ3n) is 5.87. The van der Waals surface area contributed by atoms with E-state index >= 15 is 0 Å². The molecule has 7 heteroatoms. The van der Waals surface area contributed by atoms with Crippen molar-refractivity contribution >= 4 is 17.5 Å². The molecule has 1 spiro atoms. The number of benzene rings is 1. The third kappa shape index (κ3) is 3.20. The zero-order valence-corrected chi connectivity index (χ0v) is 15.9. The van der Waals surface area contributed by atoms with Crippen molar-refractivity contribution < 1.29 is 19.1 Å². The summed E-state index contributed by atoms with van der Waals surface area (Å²) in [7, 11) is 3.28. The van der Waals surface area contributed by atoms with E-state index < -0.39 is 0 Å². The van der Waals surface area contributed by atoms with Gasteiger partial charge in [-0.2, -0.15) is 5.10 Å². The topological polar surface area (TPSA) is 71.4 Å². The van der Waals surface area contributed by atoms with Crippen LogP contribution in [0.15, 0.2) is 23.3 Å². The number of rotatable bonds is 2. The van der Waals surface area contributed by atoms with E-state index in [-0.39, 0.29) is 17.4 Å². The molecule has 0 aromatic heterocycles. The van der Waals surface area contributed by atoms with E-state index in [4.69, 9.17) is 9.47 Å². The van der Waals surface area contributed by atoms with Gasteiger partial charge in [-0.25, -0.2) is 5.01 Å². The molecule has 0 atom stereocenters. The highest BCUT2D eigenvalue weighted by Gasteiger charge is 2.42. The number of likely N-dealkylation sites (tertiary alicyclic amines) is 1. The van der Waals surface area contributed by atoms with E-state index in [2.05, 4.69) is 17.2 Å². The number of piperidine rings is 1. The number of carbonyl (C=O) groups excluding carboxylic acids is 2. The van der Waals surface area contributed by atoms with Crippen LogP contribution < -0.4 is 4.74 Å². The molecular formula is C20H25N3O4. The first-order valence-electron chi connectivity index (χ1n) is 9.47. The molecule has 27 heavy (non-hydrogen) atoms. The average Bonchev–Trinajstić information content (AvgIpc) is 2.70. The Hall–Kier alpha value is -2.41. The van der Waals surface area contributed by atoms with E-state index in [0.29, 0.717) is 38.2 Å². The standard InChI is InChI=1S/C20H25N3O4/c1-22-18(24)6-5-17(21-22)19(25)23-10-8-20(9-11-23)16-4-3-15(26-2)13-14(16)7-12-27-20/h3-4,13H,5-12H2,1-2H3. The molecule has 3 aliphatic rings. The Balaban J connectivity index is 1.49. The number of hydrogen-bond acceptors (Lipinski definition) is 5. The van der Waals surface area contributed by atoms with Crippen molar-refractivity contribution in [3.05, 3.63) is 29.3 Å². The van der Waals surface area contributed by atoms with Crippen LogP contribution in [-0.2, 0) is 26.3 Å². The van der Waals surface area contributed by atoms with Gasteiger partial charge in [0.05, 0.1) is 19.3 Å². The number of methoxy groups -OCH3 is 1. The van der Waals surface area contributed by atoms with Gasteiger partial charge in [0.1, 0.15) is 11.5 Å². The van der Waals surface area contributed by atoms with Crippen LogP contribution in [0.5, 0.6) is 5.75 Å². The van der Waals surface area contributed by atoms with Crippen LogP contribution >= 0.6 is 0 Å². The van der Waals surface area contributed by atoms with E-state index in [1.54, 1.807) is 14.2 Å². The Bertz CT molecular complexity index is 796. The Morgan fingerprint density at radius 2 is 2.00 bits per heavy atom. The third-order valence-corrected chi connectivity index (χ3v) is 5.87. The first kappa shape index (κ1) is 18.0. The molecule has 4 rings (SSSR count). The van der Waals surface area contributed by atoms with E-state index in [9.17, 15) is 9.59 Å². The summed E-state index contributed by atoms with van der Waals surface area (Å²) in [5.41, 5.74) is 2.65. The van der Waals surface area contributed by atoms with Gasteiger partial charge < -0.3 is 14.4 Å². The maximum Gasteiger partial charge on any atom is 0.270 e. The first-order valence-corrected chi connectivity index (χ1v) is 9.47. The summed E-state index contributed by atoms with van der Waals surface area (Å²) in [5, 5.41) is 5.44. The Labute approximate surface area is 158 Å². The summed E-state index contributed by atoms with van der Waals surface area (Å²) in [6.45, 7) is 1.94. The summed E-state index contributed by atoms with van der Waals surface area (Å²) in [6, 6.07) is 6.19. The summed E-state index contributed by atoms with van der Waals surface area (Å²) in [4.78, 5) is 26.2. The molecule has 1 saturated heterocycles. The van der Waals surface area contributed by atoms with Crippen LogP contribution in [-0.4, -0.2) is 61.3 Å². The normalized spacial score (nSPS) is 21.7. The fraction of sp³-hybridized carbons (Fsp3) is 0.550. The van der Waals surface area contributed by atoms with Crippen LogP contribution in [0.25, 0.3) is 0 Å². The van der Waals surface area contributed by atoms with Gasteiger partial charge in [-0.05, 0) is 42.5 Å². The Morgan fingerprint density at radius 3 is 2.70 bits per heavy atom. The van der Waals surface area contributed by atoms with Gasteiger partial charge in [0.25, 0.3) is 5.91 Å². The van der Waals surface area contributed by atoms with Crippen LogP contribution in [0.3, 0.4) is 0 Å². The largest absolute Gasteiger partial charge is 0.497 e. The minimum atomic E-state index is -0.322. The van der Waals surface area contributed by atoms with Gasteiger partial charge in [0, 0.05) is 33.0 Å². The highest BCUT2D eigenvalue weighted by atomic mass is 16.5. The molecule has 2 amide bonds. The zero-order valence-electron chi connectivity index (χ0n) is 15.9. The quantitative estimate of drug-likeness (QED) is 0.793. The smallest absolute Gasteiger partial charge is 0.270 e. The van der Waals surface area contributed by atoms with Crippen LogP contribution in [0, 0.1) is 0 Å². The van der Waals surface area contributed by atoms with Gasteiger partial charge in [0.2, 0.25) is 5.91 Å². The van der Waals surface area contributed by atoms with Crippen LogP contribution in [0.1, 0.15) is 36.8 Å². The lowest BCUT2D eigenvalue weighted by atomic mass is 9.79. The maximum atomic E-state index is 12.8. The zero-order chi connectivity index (χ0) is 19.0. The molecule has 0 saturated carbocycles. The molecule has 0 aliphatic carbocycles. The number of amides is 2. The number of carbonyl (C=O) groups is 2. The van der Waals surface area contributed by atoms with Gasteiger partial charge in [0.15, 0.2) is 0 Å². The van der Waals surface area contributed by atoms with Gasteiger partial charge >= 0.3 is 0 Å². The molecule has 1 fully saturated rings. The molecule has 0 bridgehead atoms.